The van der Waals surface area contributed by atoms with Crippen molar-refractivity contribution in [1.82, 2.24) is 15.6 Å². The van der Waals surface area contributed by atoms with Gasteiger partial charge in [-0.1, -0.05) is 10.3 Å². The third kappa shape index (κ3) is 1.32. The lowest BCUT2D eigenvalue weighted by Gasteiger charge is -2.40. The van der Waals surface area contributed by atoms with E-state index in [0.29, 0.717) is 17.1 Å². The Balaban J connectivity index is 2.66. The molecule has 82 valence electrons. The topological polar surface area (TPSA) is 83.5 Å². The Labute approximate surface area is 87.3 Å². The maximum absolute atomic E-state index is 9.00. The van der Waals surface area contributed by atoms with E-state index < -0.39 is 5.54 Å². The van der Waals surface area contributed by atoms with Gasteiger partial charge in [0, 0.05) is 0 Å². The highest BCUT2D eigenvalue weighted by Crippen LogP contribution is 2.32. The predicted octanol–water partition coefficient (Wildman–Crippen LogP) is 0.865. The monoisotopic (exact) mass is 210 g/mol. The van der Waals surface area contributed by atoms with Crippen LogP contribution in [0.2, 0.25) is 0 Å². The van der Waals surface area contributed by atoms with E-state index in [1.807, 2.05) is 27.7 Å². The van der Waals surface area contributed by atoms with Crippen LogP contribution in [0.3, 0.4) is 0 Å². The van der Waals surface area contributed by atoms with E-state index in [9.17, 15) is 0 Å². The lowest BCUT2D eigenvalue weighted by molar-refractivity contribution is 0.267. The second-order valence-corrected chi connectivity index (χ2v) is 4.79. The van der Waals surface area contributed by atoms with Gasteiger partial charge in [-0.2, -0.15) is 0 Å². The van der Waals surface area contributed by atoms with Crippen molar-refractivity contribution in [2.24, 2.45) is 5.16 Å². The number of rotatable bonds is 0. The van der Waals surface area contributed by atoms with Crippen molar-refractivity contribution >= 4 is 5.71 Å². The Morgan fingerprint density at radius 2 is 1.87 bits per heavy atom. The van der Waals surface area contributed by atoms with Crippen molar-refractivity contribution in [2.75, 3.05) is 0 Å². The third-order valence-electron chi connectivity index (χ3n) is 2.62. The van der Waals surface area contributed by atoms with E-state index in [2.05, 4.69) is 20.8 Å². The van der Waals surface area contributed by atoms with E-state index in [-0.39, 0.29) is 5.54 Å². The van der Waals surface area contributed by atoms with Gasteiger partial charge in [-0.05, 0) is 32.9 Å². The van der Waals surface area contributed by atoms with Crippen LogP contribution in [-0.2, 0) is 5.54 Å². The van der Waals surface area contributed by atoms with Gasteiger partial charge in [0.1, 0.15) is 11.4 Å². The van der Waals surface area contributed by atoms with Crippen LogP contribution in [0.4, 0.5) is 0 Å². The summed E-state index contributed by atoms with van der Waals surface area (Å²) in [4.78, 5) is 0. The van der Waals surface area contributed by atoms with Crippen LogP contribution >= 0.6 is 0 Å². The molecule has 6 nitrogen and oxygen atoms in total. The molecule has 0 radical (unpaired) electrons. The molecule has 0 unspecified atom stereocenters. The normalized spacial score (nSPS) is 25.2. The third-order valence-corrected chi connectivity index (χ3v) is 2.62. The SMILES string of the molecule is CC1(C)NC(C)(C)c2nonc2C1=NO. The molecule has 0 atom stereocenters. The largest absolute Gasteiger partial charge is 0.411 e. The van der Waals surface area contributed by atoms with Gasteiger partial charge in [-0.15, -0.1) is 0 Å². The van der Waals surface area contributed by atoms with E-state index >= 15 is 0 Å². The van der Waals surface area contributed by atoms with Crippen LogP contribution in [0, 0.1) is 0 Å². The van der Waals surface area contributed by atoms with Crippen LogP contribution in [0.1, 0.15) is 39.1 Å². The molecular formula is C9H14N4O2. The van der Waals surface area contributed by atoms with Gasteiger partial charge >= 0.3 is 0 Å². The van der Waals surface area contributed by atoms with Crippen molar-refractivity contribution in [3.05, 3.63) is 11.4 Å². The second-order valence-electron chi connectivity index (χ2n) is 4.79. The summed E-state index contributed by atoms with van der Waals surface area (Å²) in [7, 11) is 0. The van der Waals surface area contributed by atoms with Crippen molar-refractivity contribution in [3.63, 3.8) is 0 Å². The lowest BCUT2D eigenvalue weighted by Crippen LogP contribution is -2.59. The van der Waals surface area contributed by atoms with E-state index in [1.54, 1.807) is 0 Å². The number of aromatic nitrogens is 2. The van der Waals surface area contributed by atoms with Crippen LogP contribution < -0.4 is 5.32 Å². The zero-order chi connectivity index (χ0) is 11.3. The number of nitrogens with one attached hydrogen (secondary N) is 1. The Morgan fingerprint density at radius 3 is 2.47 bits per heavy atom. The van der Waals surface area contributed by atoms with E-state index in [0.717, 1.165) is 0 Å². The maximum Gasteiger partial charge on any atom is 0.159 e. The Bertz CT molecular complexity index is 420. The molecule has 0 aromatic carbocycles. The minimum Gasteiger partial charge on any atom is -0.411 e. The first kappa shape index (κ1) is 10.1. The van der Waals surface area contributed by atoms with Crippen LogP contribution in [-0.4, -0.2) is 26.8 Å². The zero-order valence-corrected chi connectivity index (χ0v) is 9.20. The molecule has 0 spiro atoms. The minimum absolute atomic E-state index is 0.354. The van der Waals surface area contributed by atoms with Gasteiger partial charge in [0.2, 0.25) is 0 Å². The molecule has 0 saturated heterocycles. The van der Waals surface area contributed by atoms with E-state index in [1.165, 1.54) is 0 Å². The fourth-order valence-corrected chi connectivity index (χ4v) is 2.12. The van der Waals surface area contributed by atoms with Gasteiger partial charge in [0.15, 0.2) is 5.69 Å². The second kappa shape index (κ2) is 2.79. The van der Waals surface area contributed by atoms with Crippen molar-refractivity contribution < 1.29 is 9.84 Å². The molecule has 2 N–H and O–H groups in total. The summed E-state index contributed by atoms with van der Waals surface area (Å²) in [5, 5.41) is 23.2. The van der Waals surface area contributed by atoms with Crippen molar-refractivity contribution in [3.8, 4) is 0 Å². The Morgan fingerprint density at radius 1 is 1.20 bits per heavy atom. The Hall–Kier alpha value is -1.43. The molecule has 0 saturated carbocycles. The summed E-state index contributed by atoms with van der Waals surface area (Å²) in [6.45, 7) is 7.79. The number of hydrogen-bond acceptors (Lipinski definition) is 6. The molecule has 2 heterocycles. The van der Waals surface area contributed by atoms with Crippen molar-refractivity contribution in [1.29, 1.82) is 0 Å². The summed E-state index contributed by atoms with van der Waals surface area (Å²) < 4.78 is 4.70. The van der Waals surface area contributed by atoms with E-state index in [4.69, 9.17) is 9.84 Å². The molecule has 15 heavy (non-hydrogen) atoms. The molecule has 1 aliphatic rings. The van der Waals surface area contributed by atoms with Gasteiger partial charge in [0.25, 0.3) is 0 Å². The zero-order valence-electron chi connectivity index (χ0n) is 9.20. The molecule has 2 rings (SSSR count). The minimum atomic E-state index is -0.468. The summed E-state index contributed by atoms with van der Waals surface area (Å²) in [5.74, 6) is 0. The molecule has 0 bridgehead atoms. The number of hydrogen-bond donors (Lipinski definition) is 2. The summed E-state index contributed by atoms with van der Waals surface area (Å²) in [6, 6.07) is 0. The molecule has 1 aromatic rings. The first-order valence-electron chi connectivity index (χ1n) is 4.74. The molecule has 0 aliphatic carbocycles. The van der Waals surface area contributed by atoms with Crippen LogP contribution in [0.25, 0.3) is 0 Å². The highest BCUT2D eigenvalue weighted by atomic mass is 16.6. The van der Waals surface area contributed by atoms with Crippen molar-refractivity contribution in [2.45, 2.75) is 38.8 Å². The molecule has 0 amide bonds. The first-order chi connectivity index (χ1) is 6.88. The van der Waals surface area contributed by atoms with Gasteiger partial charge < -0.3 is 5.21 Å². The van der Waals surface area contributed by atoms with Gasteiger partial charge in [0.05, 0.1) is 11.1 Å². The fraction of sp³-hybridized carbons (Fsp3) is 0.667. The van der Waals surface area contributed by atoms with Crippen LogP contribution in [0.15, 0.2) is 9.78 Å². The highest BCUT2D eigenvalue weighted by Gasteiger charge is 2.45. The summed E-state index contributed by atoms with van der Waals surface area (Å²) >= 11 is 0. The van der Waals surface area contributed by atoms with Gasteiger partial charge in [-0.25, -0.2) is 4.63 Å². The quantitative estimate of drug-likeness (QED) is 0.490. The smallest absolute Gasteiger partial charge is 0.159 e. The molecule has 0 fully saturated rings. The molecule has 1 aromatic heterocycles. The molecule has 1 aliphatic heterocycles. The predicted molar refractivity (Wildman–Crippen MR) is 52.9 cm³/mol. The molecule has 6 heteroatoms. The van der Waals surface area contributed by atoms with Crippen LogP contribution in [0.5, 0.6) is 0 Å². The van der Waals surface area contributed by atoms with Gasteiger partial charge in [-0.3, -0.25) is 5.32 Å². The average molecular weight is 210 g/mol. The fourth-order valence-electron chi connectivity index (χ4n) is 2.12. The number of nitrogens with zero attached hydrogens (tertiary/aromatic N) is 3. The standard InChI is InChI=1S/C9H14N4O2/c1-8(2)6(10-14)5-7(12-15-11-5)9(3,4)13-8/h13-14H,1-4H3. The number of oxime groups is 1. The molecular weight excluding hydrogens is 196 g/mol. The lowest BCUT2D eigenvalue weighted by atomic mass is 9.82. The number of fused-ring (bicyclic) bond motifs is 1. The summed E-state index contributed by atoms with van der Waals surface area (Å²) in [5.41, 5.74) is 0.801. The first-order valence-corrected chi connectivity index (χ1v) is 4.74. The maximum atomic E-state index is 9.00. The Kier molecular flexibility index (Phi) is 1.88. The highest BCUT2D eigenvalue weighted by molar-refractivity contribution is 6.07. The average Bonchev–Trinajstić information content (AvgIpc) is 2.50. The summed E-state index contributed by atoms with van der Waals surface area (Å²) in [6.07, 6.45) is 0.